The van der Waals surface area contributed by atoms with Gasteiger partial charge in [-0.15, -0.1) is 0 Å². The summed E-state index contributed by atoms with van der Waals surface area (Å²) in [4.78, 5) is 0. The SMILES string of the molecule is C/C=C(\I)CBr. The normalized spacial score (nSPS) is 12.2. The van der Waals surface area contributed by atoms with Gasteiger partial charge in [0.05, 0.1) is 0 Å². The summed E-state index contributed by atoms with van der Waals surface area (Å²) >= 11 is 5.58. The van der Waals surface area contributed by atoms with Crippen LogP contribution in [0.4, 0.5) is 0 Å². The number of alkyl halides is 1. The van der Waals surface area contributed by atoms with Gasteiger partial charge in [0.2, 0.25) is 0 Å². The van der Waals surface area contributed by atoms with Gasteiger partial charge in [0.1, 0.15) is 0 Å². The van der Waals surface area contributed by atoms with Crippen LogP contribution in [-0.2, 0) is 0 Å². The maximum absolute atomic E-state index is 3.30. The summed E-state index contributed by atoms with van der Waals surface area (Å²) in [6.07, 6.45) is 2.08. The van der Waals surface area contributed by atoms with E-state index in [-0.39, 0.29) is 0 Å². The Morgan fingerprint density at radius 2 is 2.50 bits per heavy atom. The number of halogens is 2. The maximum atomic E-state index is 3.30. The van der Waals surface area contributed by atoms with Gasteiger partial charge in [-0.25, -0.2) is 0 Å². The maximum Gasteiger partial charge on any atom is 0.0337 e. The van der Waals surface area contributed by atoms with Crippen molar-refractivity contribution in [2.75, 3.05) is 5.33 Å². The predicted molar refractivity (Wildman–Crippen MR) is 41.6 cm³/mol. The van der Waals surface area contributed by atoms with Crippen LogP contribution in [-0.4, -0.2) is 5.33 Å². The Morgan fingerprint density at radius 1 is 2.00 bits per heavy atom. The van der Waals surface area contributed by atoms with E-state index in [4.69, 9.17) is 0 Å². The summed E-state index contributed by atoms with van der Waals surface area (Å²) in [5.41, 5.74) is 0. The molecule has 0 bridgehead atoms. The van der Waals surface area contributed by atoms with Crippen LogP contribution in [0.15, 0.2) is 9.66 Å². The van der Waals surface area contributed by atoms with E-state index >= 15 is 0 Å². The highest BCUT2D eigenvalue weighted by atomic mass is 127. The minimum Gasteiger partial charge on any atom is -0.0871 e. The van der Waals surface area contributed by atoms with Gasteiger partial charge >= 0.3 is 0 Å². The van der Waals surface area contributed by atoms with E-state index in [1.54, 1.807) is 0 Å². The topological polar surface area (TPSA) is 0 Å². The lowest BCUT2D eigenvalue weighted by Crippen LogP contribution is -1.63. The van der Waals surface area contributed by atoms with E-state index in [2.05, 4.69) is 44.6 Å². The highest BCUT2D eigenvalue weighted by molar-refractivity contribution is 14.1. The van der Waals surface area contributed by atoms with Gasteiger partial charge in [0.25, 0.3) is 0 Å². The van der Waals surface area contributed by atoms with Crippen molar-refractivity contribution in [2.24, 2.45) is 0 Å². The molecule has 0 aliphatic carbocycles. The highest BCUT2D eigenvalue weighted by Gasteiger charge is 1.77. The molecular formula is C4H6BrI. The van der Waals surface area contributed by atoms with Gasteiger partial charge in [-0.3, -0.25) is 0 Å². The molecule has 0 N–H and O–H groups in total. The van der Waals surface area contributed by atoms with Crippen molar-refractivity contribution in [1.29, 1.82) is 0 Å². The van der Waals surface area contributed by atoms with Gasteiger partial charge in [-0.1, -0.05) is 22.0 Å². The van der Waals surface area contributed by atoms with E-state index in [9.17, 15) is 0 Å². The fourth-order valence-corrected chi connectivity index (χ4v) is 0.401. The van der Waals surface area contributed by atoms with Gasteiger partial charge in [-0.2, -0.15) is 0 Å². The molecule has 0 unspecified atom stereocenters. The molecular weight excluding hydrogens is 255 g/mol. The molecule has 0 aliphatic rings. The first-order valence-electron chi connectivity index (χ1n) is 1.68. The lowest BCUT2D eigenvalue weighted by molar-refractivity contribution is 1.66. The standard InChI is InChI=1S/C4H6BrI/c1-2-4(6)3-5/h2H,3H2,1H3/b4-2-. The van der Waals surface area contributed by atoms with E-state index in [1.807, 2.05) is 6.92 Å². The third-order valence-electron chi connectivity index (χ3n) is 0.441. The number of hydrogen-bond donors (Lipinski definition) is 0. The first-order chi connectivity index (χ1) is 2.81. The molecule has 0 fully saturated rings. The molecule has 0 amide bonds. The van der Waals surface area contributed by atoms with Crippen molar-refractivity contribution in [3.8, 4) is 0 Å². The van der Waals surface area contributed by atoms with Crippen LogP contribution in [0.3, 0.4) is 0 Å². The summed E-state index contributed by atoms with van der Waals surface area (Å²) in [6.45, 7) is 2.03. The van der Waals surface area contributed by atoms with Crippen molar-refractivity contribution >= 4 is 38.5 Å². The van der Waals surface area contributed by atoms with Gasteiger partial charge in [-0.05, 0) is 33.1 Å². The Bertz CT molecular complexity index is 58.6. The number of allylic oxidation sites excluding steroid dienone is 2. The third-order valence-corrected chi connectivity index (χ3v) is 3.10. The van der Waals surface area contributed by atoms with Crippen LogP contribution < -0.4 is 0 Å². The summed E-state index contributed by atoms with van der Waals surface area (Å²) in [6, 6.07) is 0. The number of hydrogen-bond acceptors (Lipinski definition) is 0. The molecule has 0 spiro atoms. The van der Waals surface area contributed by atoms with Crippen LogP contribution in [0, 0.1) is 0 Å². The summed E-state index contributed by atoms with van der Waals surface area (Å²) in [5.74, 6) is 0. The molecule has 0 saturated heterocycles. The molecule has 0 aromatic rings. The largest absolute Gasteiger partial charge is 0.0871 e. The molecule has 0 aromatic carbocycles. The zero-order chi connectivity index (χ0) is 4.99. The zero-order valence-corrected chi connectivity index (χ0v) is 7.28. The first kappa shape index (κ1) is 6.95. The fraction of sp³-hybridized carbons (Fsp3) is 0.500. The van der Waals surface area contributed by atoms with Crippen molar-refractivity contribution in [3.05, 3.63) is 9.66 Å². The molecule has 0 atom stereocenters. The van der Waals surface area contributed by atoms with E-state index in [1.165, 1.54) is 3.58 Å². The zero-order valence-electron chi connectivity index (χ0n) is 3.54. The molecule has 0 heterocycles. The van der Waals surface area contributed by atoms with Crippen LogP contribution in [0.25, 0.3) is 0 Å². The molecule has 0 rings (SSSR count). The van der Waals surface area contributed by atoms with Crippen LogP contribution in [0.1, 0.15) is 6.92 Å². The average Bonchev–Trinajstić information content (AvgIpc) is 1.65. The third kappa shape index (κ3) is 3.15. The molecule has 6 heavy (non-hydrogen) atoms. The van der Waals surface area contributed by atoms with Crippen LogP contribution >= 0.6 is 38.5 Å². The van der Waals surface area contributed by atoms with Gasteiger partial charge in [0, 0.05) is 5.33 Å². The van der Waals surface area contributed by atoms with Crippen LogP contribution in [0.2, 0.25) is 0 Å². The van der Waals surface area contributed by atoms with Crippen molar-refractivity contribution < 1.29 is 0 Å². The van der Waals surface area contributed by atoms with E-state index < -0.39 is 0 Å². The van der Waals surface area contributed by atoms with Crippen molar-refractivity contribution in [2.45, 2.75) is 6.92 Å². The fourth-order valence-electron chi connectivity index (χ4n) is 0.0772. The summed E-state index contributed by atoms with van der Waals surface area (Å²) in [5, 5.41) is 0.990. The monoisotopic (exact) mass is 260 g/mol. The van der Waals surface area contributed by atoms with Gasteiger partial charge in [0.15, 0.2) is 0 Å². The van der Waals surface area contributed by atoms with Gasteiger partial charge < -0.3 is 0 Å². The minimum absolute atomic E-state index is 0.990. The minimum atomic E-state index is 0.990. The summed E-state index contributed by atoms with van der Waals surface area (Å²) in [7, 11) is 0. The quantitative estimate of drug-likeness (QED) is 0.502. The lowest BCUT2D eigenvalue weighted by atomic mass is 10.6. The first-order valence-corrected chi connectivity index (χ1v) is 3.88. The molecule has 0 aromatic heterocycles. The predicted octanol–water partition coefficient (Wildman–Crippen LogP) is 2.72. The Labute approximate surface area is 60.3 Å². The average molecular weight is 261 g/mol. The summed E-state index contributed by atoms with van der Waals surface area (Å²) < 4.78 is 1.35. The molecule has 36 valence electrons. The Kier molecular flexibility index (Phi) is 4.77. The van der Waals surface area contributed by atoms with E-state index in [0.717, 1.165) is 5.33 Å². The number of rotatable bonds is 1. The molecule has 0 aliphatic heterocycles. The van der Waals surface area contributed by atoms with Crippen molar-refractivity contribution in [3.63, 3.8) is 0 Å². The molecule has 0 radical (unpaired) electrons. The highest BCUT2D eigenvalue weighted by Crippen LogP contribution is 2.06. The lowest BCUT2D eigenvalue weighted by Gasteiger charge is -1.80. The van der Waals surface area contributed by atoms with E-state index in [0.29, 0.717) is 0 Å². The second-order valence-electron chi connectivity index (χ2n) is 0.869. The Hall–Kier alpha value is 0.950. The van der Waals surface area contributed by atoms with Crippen LogP contribution in [0.5, 0.6) is 0 Å². The smallest absolute Gasteiger partial charge is 0.0337 e. The Morgan fingerprint density at radius 3 is 2.50 bits per heavy atom. The second kappa shape index (κ2) is 4.12. The second-order valence-corrected chi connectivity index (χ2v) is 2.82. The van der Waals surface area contributed by atoms with Crippen molar-refractivity contribution in [1.82, 2.24) is 0 Å². The molecule has 2 heteroatoms. The molecule has 0 nitrogen and oxygen atoms in total. The Balaban J connectivity index is 3.22. The molecule has 0 saturated carbocycles.